The van der Waals surface area contributed by atoms with E-state index in [0.29, 0.717) is 0 Å². The van der Waals surface area contributed by atoms with Crippen molar-refractivity contribution in [1.82, 2.24) is 20.4 Å². The van der Waals surface area contributed by atoms with Gasteiger partial charge in [-0.15, -0.1) is 0 Å². The van der Waals surface area contributed by atoms with Crippen LogP contribution in [-0.4, -0.2) is 42.5 Å². The average molecular weight is 358 g/mol. The smallest absolute Gasteiger partial charge is 0.191 e. The molecule has 0 spiro atoms. The van der Waals surface area contributed by atoms with Crippen molar-refractivity contribution in [2.75, 3.05) is 20.7 Å². The molecule has 2 aromatic rings. The standard InChI is InChI=1S/C20H31N5O/c1-14(13-18-15(2)24-25(5)16(18)3)23-20(21-4)22-12-11-17-9-7-8-10-19(17)26-6/h7-10,14H,11-13H2,1-6H3,(H2,21,22,23). The topological polar surface area (TPSA) is 63.5 Å². The van der Waals surface area contributed by atoms with Crippen molar-refractivity contribution in [3.8, 4) is 5.75 Å². The van der Waals surface area contributed by atoms with Gasteiger partial charge < -0.3 is 15.4 Å². The van der Waals surface area contributed by atoms with Crippen LogP contribution in [0, 0.1) is 13.8 Å². The van der Waals surface area contributed by atoms with E-state index in [0.717, 1.165) is 36.8 Å². The van der Waals surface area contributed by atoms with Gasteiger partial charge in [0.15, 0.2) is 5.96 Å². The highest BCUT2D eigenvalue weighted by molar-refractivity contribution is 5.79. The number of guanidine groups is 1. The summed E-state index contributed by atoms with van der Waals surface area (Å²) in [6.45, 7) is 7.13. The van der Waals surface area contributed by atoms with Gasteiger partial charge in [-0.25, -0.2) is 0 Å². The third-order valence-corrected chi connectivity index (χ3v) is 4.66. The number of aromatic nitrogens is 2. The van der Waals surface area contributed by atoms with Crippen LogP contribution >= 0.6 is 0 Å². The molecule has 1 aromatic heterocycles. The first kappa shape index (κ1) is 19.8. The van der Waals surface area contributed by atoms with Gasteiger partial charge in [0.1, 0.15) is 5.75 Å². The largest absolute Gasteiger partial charge is 0.496 e. The van der Waals surface area contributed by atoms with Gasteiger partial charge in [-0.1, -0.05) is 18.2 Å². The zero-order valence-corrected chi connectivity index (χ0v) is 16.8. The number of hydrogen-bond acceptors (Lipinski definition) is 3. The molecule has 142 valence electrons. The van der Waals surface area contributed by atoms with Crippen molar-refractivity contribution in [2.45, 2.75) is 39.7 Å². The van der Waals surface area contributed by atoms with Gasteiger partial charge in [-0.05, 0) is 50.8 Å². The van der Waals surface area contributed by atoms with Crippen LogP contribution in [0.4, 0.5) is 0 Å². The summed E-state index contributed by atoms with van der Waals surface area (Å²) in [4.78, 5) is 4.34. The molecule has 1 heterocycles. The second kappa shape index (κ2) is 9.27. The predicted octanol–water partition coefficient (Wildman–Crippen LogP) is 2.38. The summed E-state index contributed by atoms with van der Waals surface area (Å²) in [7, 11) is 5.49. The minimum absolute atomic E-state index is 0.258. The fraction of sp³-hybridized carbons (Fsp3) is 0.500. The minimum Gasteiger partial charge on any atom is -0.496 e. The molecule has 6 nitrogen and oxygen atoms in total. The molecule has 1 unspecified atom stereocenters. The number of hydrogen-bond donors (Lipinski definition) is 2. The summed E-state index contributed by atoms with van der Waals surface area (Å²) in [5.41, 5.74) is 4.80. The highest BCUT2D eigenvalue weighted by Crippen LogP contribution is 2.17. The lowest BCUT2D eigenvalue weighted by molar-refractivity contribution is 0.409. The first-order chi connectivity index (χ1) is 12.5. The molecule has 2 N–H and O–H groups in total. The Hall–Kier alpha value is -2.50. The molecule has 0 aliphatic heterocycles. The zero-order chi connectivity index (χ0) is 19.1. The number of nitrogens with one attached hydrogen (secondary N) is 2. The number of nitrogens with zero attached hydrogens (tertiary/aromatic N) is 3. The molecule has 0 radical (unpaired) electrons. The predicted molar refractivity (Wildman–Crippen MR) is 107 cm³/mol. The summed E-state index contributed by atoms with van der Waals surface area (Å²) in [5, 5.41) is 11.3. The van der Waals surface area contributed by atoms with Crippen LogP contribution in [0.15, 0.2) is 29.3 Å². The van der Waals surface area contributed by atoms with Gasteiger partial charge in [-0.3, -0.25) is 9.67 Å². The SMILES string of the molecule is CN=C(NCCc1ccccc1OC)NC(C)Cc1c(C)nn(C)c1C. The fourth-order valence-electron chi connectivity index (χ4n) is 3.12. The molecule has 0 amide bonds. The van der Waals surface area contributed by atoms with E-state index < -0.39 is 0 Å². The van der Waals surface area contributed by atoms with E-state index in [1.54, 1.807) is 14.2 Å². The Kier molecular flexibility index (Phi) is 7.06. The van der Waals surface area contributed by atoms with E-state index in [9.17, 15) is 0 Å². The molecule has 2 rings (SSSR count). The van der Waals surface area contributed by atoms with E-state index in [4.69, 9.17) is 4.74 Å². The number of aryl methyl sites for hydroxylation is 2. The van der Waals surface area contributed by atoms with E-state index >= 15 is 0 Å². The van der Waals surface area contributed by atoms with E-state index in [1.807, 2.05) is 29.9 Å². The van der Waals surface area contributed by atoms with Gasteiger partial charge in [0, 0.05) is 32.4 Å². The molecule has 1 atom stereocenters. The van der Waals surface area contributed by atoms with Crippen molar-refractivity contribution in [3.05, 3.63) is 46.8 Å². The van der Waals surface area contributed by atoms with Crippen LogP contribution in [0.5, 0.6) is 5.75 Å². The number of methoxy groups -OCH3 is 1. The van der Waals surface area contributed by atoms with Crippen LogP contribution in [0.3, 0.4) is 0 Å². The second-order valence-electron chi connectivity index (χ2n) is 6.58. The molecule has 0 aliphatic carbocycles. The van der Waals surface area contributed by atoms with Gasteiger partial charge in [0.05, 0.1) is 12.8 Å². The van der Waals surface area contributed by atoms with Crippen molar-refractivity contribution < 1.29 is 4.74 Å². The molecule has 0 aliphatic rings. The van der Waals surface area contributed by atoms with Gasteiger partial charge >= 0.3 is 0 Å². The molecule has 0 fully saturated rings. The normalized spacial score (nSPS) is 12.8. The minimum atomic E-state index is 0.258. The number of ether oxygens (including phenoxy) is 1. The van der Waals surface area contributed by atoms with Crippen molar-refractivity contribution >= 4 is 5.96 Å². The number of para-hydroxylation sites is 1. The molecule has 26 heavy (non-hydrogen) atoms. The van der Waals surface area contributed by atoms with Crippen LogP contribution in [0.1, 0.15) is 29.4 Å². The lowest BCUT2D eigenvalue weighted by Gasteiger charge is -2.18. The quantitative estimate of drug-likeness (QED) is 0.590. The van der Waals surface area contributed by atoms with Crippen LogP contribution in [-0.2, 0) is 19.9 Å². The first-order valence-electron chi connectivity index (χ1n) is 9.04. The Labute approximate surface area is 156 Å². The monoisotopic (exact) mass is 357 g/mol. The fourth-order valence-corrected chi connectivity index (χ4v) is 3.12. The Balaban J connectivity index is 1.87. The molecule has 1 aromatic carbocycles. The summed E-state index contributed by atoms with van der Waals surface area (Å²) in [6, 6.07) is 8.36. The van der Waals surface area contributed by atoms with Gasteiger partial charge in [0.2, 0.25) is 0 Å². The summed E-state index contributed by atoms with van der Waals surface area (Å²) < 4.78 is 7.35. The van der Waals surface area contributed by atoms with Gasteiger partial charge in [-0.2, -0.15) is 5.10 Å². The number of benzene rings is 1. The van der Waals surface area contributed by atoms with Crippen molar-refractivity contribution in [3.63, 3.8) is 0 Å². The Morgan fingerprint density at radius 1 is 1.31 bits per heavy atom. The Morgan fingerprint density at radius 2 is 2.04 bits per heavy atom. The molecular weight excluding hydrogens is 326 g/mol. The maximum absolute atomic E-state index is 5.40. The molecular formula is C20H31N5O. The summed E-state index contributed by atoms with van der Waals surface area (Å²) in [6.07, 6.45) is 1.79. The van der Waals surface area contributed by atoms with Gasteiger partial charge in [0.25, 0.3) is 0 Å². The third kappa shape index (κ3) is 5.00. The second-order valence-corrected chi connectivity index (χ2v) is 6.58. The summed E-state index contributed by atoms with van der Waals surface area (Å²) in [5.74, 6) is 1.74. The van der Waals surface area contributed by atoms with Crippen molar-refractivity contribution in [2.24, 2.45) is 12.0 Å². The van der Waals surface area contributed by atoms with E-state index in [1.165, 1.54) is 16.8 Å². The molecule has 6 heteroatoms. The van der Waals surface area contributed by atoms with Crippen molar-refractivity contribution in [1.29, 1.82) is 0 Å². The average Bonchev–Trinajstić information content (AvgIpc) is 2.87. The molecule has 0 saturated heterocycles. The number of aliphatic imine (C=N–C) groups is 1. The zero-order valence-electron chi connectivity index (χ0n) is 16.8. The lowest BCUT2D eigenvalue weighted by Crippen LogP contribution is -2.43. The first-order valence-corrected chi connectivity index (χ1v) is 9.04. The summed E-state index contributed by atoms with van der Waals surface area (Å²) >= 11 is 0. The number of rotatable bonds is 7. The van der Waals surface area contributed by atoms with E-state index in [2.05, 4.69) is 47.6 Å². The van der Waals surface area contributed by atoms with Crippen LogP contribution in [0.25, 0.3) is 0 Å². The highest BCUT2D eigenvalue weighted by atomic mass is 16.5. The maximum atomic E-state index is 5.40. The van der Waals surface area contributed by atoms with Crippen LogP contribution in [0.2, 0.25) is 0 Å². The van der Waals surface area contributed by atoms with Crippen LogP contribution < -0.4 is 15.4 Å². The Bertz CT molecular complexity index is 751. The molecule has 0 bridgehead atoms. The lowest BCUT2D eigenvalue weighted by atomic mass is 10.1. The van der Waals surface area contributed by atoms with E-state index in [-0.39, 0.29) is 6.04 Å². The maximum Gasteiger partial charge on any atom is 0.191 e. The highest BCUT2D eigenvalue weighted by Gasteiger charge is 2.14. The Morgan fingerprint density at radius 3 is 2.65 bits per heavy atom. The molecule has 0 saturated carbocycles. The third-order valence-electron chi connectivity index (χ3n) is 4.66.